The molecule has 2 aromatic rings. The van der Waals surface area contributed by atoms with Crippen molar-refractivity contribution in [2.75, 3.05) is 39.3 Å². The van der Waals surface area contributed by atoms with Gasteiger partial charge in [0.2, 0.25) is 21.8 Å². The van der Waals surface area contributed by atoms with Gasteiger partial charge >= 0.3 is 0 Å². The summed E-state index contributed by atoms with van der Waals surface area (Å²) in [6.45, 7) is 6.34. The third-order valence-corrected chi connectivity index (χ3v) is 10.2. The van der Waals surface area contributed by atoms with E-state index in [1.165, 1.54) is 17.7 Å². The minimum atomic E-state index is -3.90. The van der Waals surface area contributed by atoms with Crippen molar-refractivity contribution in [3.05, 3.63) is 41.3 Å². The van der Waals surface area contributed by atoms with E-state index in [2.05, 4.69) is 9.62 Å². The average molecular weight is 545 g/mol. The van der Waals surface area contributed by atoms with E-state index in [0.29, 0.717) is 19.4 Å². The summed E-state index contributed by atoms with van der Waals surface area (Å²) in [4.78, 5) is 34.7. The molecule has 1 N–H and O–H groups in total. The second kappa shape index (κ2) is 11.2. The highest BCUT2D eigenvalue weighted by atomic mass is 32.2. The van der Waals surface area contributed by atoms with Gasteiger partial charge in [-0.25, -0.2) is 8.42 Å². The highest BCUT2D eigenvalue weighted by Crippen LogP contribution is 2.29. The first-order chi connectivity index (χ1) is 17.8. The van der Waals surface area contributed by atoms with Crippen molar-refractivity contribution in [2.45, 2.75) is 62.4 Å². The fourth-order valence-corrected chi connectivity index (χ4v) is 7.87. The molecular formula is C27H36N4O4S2. The molecule has 0 saturated carbocycles. The van der Waals surface area contributed by atoms with Gasteiger partial charge in [-0.05, 0) is 88.4 Å². The number of thiophene rings is 1. The number of amides is 2. The Hall–Kier alpha value is -2.27. The number of rotatable bonds is 8. The van der Waals surface area contributed by atoms with Crippen molar-refractivity contribution in [3.63, 3.8) is 0 Å². The number of hydrogen-bond acceptors (Lipinski definition) is 6. The molecule has 3 saturated heterocycles. The topological polar surface area (TPSA) is 90.0 Å². The number of carbonyl (C=O) groups excluding carboxylic acids is 2. The molecule has 2 atom stereocenters. The van der Waals surface area contributed by atoms with Crippen LogP contribution in [0.5, 0.6) is 0 Å². The van der Waals surface area contributed by atoms with Crippen LogP contribution in [-0.4, -0.2) is 86.3 Å². The molecule has 0 aliphatic carbocycles. The summed E-state index contributed by atoms with van der Waals surface area (Å²) in [5.74, 6) is -0.346. The third-order valence-electron chi connectivity index (χ3n) is 7.69. The van der Waals surface area contributed by atoms with E-state index in [4.69, 9.17) is 0 Å². The number of benzene rings is 1. The van der Waals surface area contributed by atoms with Gasteiger partial charge in [0.05, 0.1) is 11.4 Å². The van der Waals surface area contributed by atoms with Crippen LogP contribution in [0.2, 0.25) is 0 Å². The molecule has 0 spiro atoms. The molecule has 2 unspecified atom stereocenters. The Morgan fingerprint density at radius 3 is 2.57 bits per heavy atom. The Kier molecular flexibility index (Phi) is 7.99. The minimum absolute atomic E-state index is 0.0147. The van der Waals surface area contributed by atoms with Crippen molar-refractivity contribution in [1.29, 1.82) is 0 Å². The molecule has 8 nitrogen and oxygen atoms in total. The first kappa shape index (κ1) is 26.3. The van der Waals surface area contributed by atoms with Crippen LogP contribution < -0.4 is 4.72 Å². The molecule has 2 amide bonds. The Morgan fingerprint density at radius 2 is 1.81 bits per heavy atom. The monoisotopic (exact) mass is 544 g/mol. The fraction of sp³-hybridized carbons (Fsp3) is 0.556. The van der Waals surface area contributed by atoms with Gasteiger partial charge in [-0.15, -0.1) is 11.3 Å². The van der Waals surface area contributed by atoms with Gasteiger partial charge in [0, 0.05) is 35.4 Å². The normalized spacial score (nSPS) is 23.2. The lowest BCUT2D eigenvalue weighted by atomic mass is 10.1. The van der Waals surface area contributed by atoms with Gasteiger partial charge in [-0.2, -0.15) is 4.72 Å². The van der Waals surface area contributed by atoms with Crippen LogP contribution in [0.15, 0.2) is 41.3 Å². The van der Waals surface area contributed by atoms with E-state index in [1.54, 1.807) is 29.5 Å². The van der Waals surface area contributed by atoms with E-state index < -0.39 is 16.1 Å². The smallest absolute Gasteiger partial charge is 0.242 e. The average Bonchev–Trinajstić information content (AvgIpc) is 3.65. The number of nitrogens with one attached hydrogen (secondary N) is 1. The standard InChI is InChI=1S/C27H36N4O4S2/c1-20-11-12-25(36-20)21-7-4-9-23(17-21)37(34,35)28-24-10-6-15-30(27(24)33)19-26(32)31-16-5-8-22(31)18-29-13-2-3-14-29/h4,7,9,11-12,17,22,24,28H,2-3,5-6,8,10,13-16,18-19H2,1H3. The summed E-state index contributed by atoms with van der Waals surface area (Å²) in [5, 5.41) is 0. The first-order valence-corrected chi connectivity index (χ1v) is 15.6. The van der Waals surface area contributed by atoms with E-state index in [0.717, 1.165) is 54.3 Å². The van der Waals surface area contributed by atoms with E-state index in [1.807, 2.05) is 30.0 Å². The quantitative estimate of drug-likeness (QED) is 0.552. The van der Waals surface area contributed by atoms with Gasteiger partial charge in [-0.3, -0.25) is 9.59 Å². The van der Waals surface area contributed by atoms with E-state index in [-0.39, 0.29) is 29.3 Å². The van der Waals surface area contributed by atoms with Gasteiger partial charge in [0.15, 0.2) is 0 Å². The van der Waals surface area contributed by atoms with E-state index in [9.17, 15) is 18.0 Å². The molecule has 1 aromatic carbocycles. The van der Waals surface area contributed by atoms with Crippen LogP contribution in [0.4, 0.5) is 0 Å². The van der Waals surface area contributed by atoms with Gasteiger partial charge in [0.25, 0.3) is 0 Å². The zero-order valence-electron chi connectivity index (χ0n) is 21.4. The number of hydrogen-bond donors (Lipinski definition) is 1. The molecule has 3 fully saturated rings. The Bertz CT molecular complexity index is 1240. The molecule has 37 heavy (non-hydrogen) atoms. The van der Waals surface area contributed by atoms with Crippen molar-refractivity contribution in [1.82, 2.24) is 19.4 Å². The predicted molar refractivity (Wildman–Crippen MR) is 145 cm³/mol. The molecular weight excluding hydrogens is 508 g/mol. The Morgan fingerprint density at radius 1 is 1.03 bits per heavy atom. The second-order valence-corrected chi connectivity index (χ2v) is 13.4. The molecule has 0 bridgehead atoms. The second-order valence-electron chi connectivity index (χ2n) is 10.4. The number of piperidine rings is 1. The van der Waals surface area contributed by atoms with E-state index >= 15 is 0 Å². The number of carbonyl (C=O) groups is 2. The summed E-state index contributed by atoms with van der Waals surface area (Å²) in [6, 6.07) is 10.1. The molecule has 3 aliphatic rings. The largest absolute Gasteiger partial charge is 0.337 e. The van der Waals surface area contributed by atoms with Crippen molar-refractivity contribution < 1.29 is 18.0 Å². The van der Waals surface area contributed by atoms with Crippen molar-refractivity contribution in [3.8, 4) is 10.4 Å². The van der Waals surface area contributed by atoms with Crippen molar-refractivity contribution >= 4 is 33.2 Å². The lowest BCUT2D eigenvalue weighted by molar-refractivity contribution is -0.143. The summed E-state index contributed by atoms with van der Waals surface area (Å²) in [5.41, 5.74) is 0.831. The number of likely N-dealkylation sites (tertiary alicyclic amines) is 3. The van der Waals surface area contributed by atoms with Crippen LogP contribution in [-0.2, 0) is 19.6 Å². The first-order valence-electron chi connectivity index (χ1n) is 13.3. The molecule has 200 valence electrons. The maximum Gasteiger partial charge on any atom is 0.242 e. The molecule has 10 heteroatoms. The van der Waals surface area contributed by atoms with Crippen LogP contribution in [0.1, 0.15) is 43.4 Å². The molecule has 4 heterocycles. The predicted octanol–water partition coefficient (Wildman–Crippen LogP) is 3.08. The molecule has 3 aliphatic heterocycles. The Balaban J connectivity index is 1.22. The summed E-state index contributed by atoms with van der Waals surface area (Å²) >= 11 is 1.61. The maximum atomic E-state index is 13.3. The Labute approximate surface area is 223 Å². The molecule has 1 aromatic heterocycles. The van der Waals surface area contributed by atoms with Gasteiger partial charge in [0.1, 0.15) is 6.04 Å². The molecule has 0 radical (unpaired) electrons. The lowest BCUT2D eigenvalue weighted by Gasteiger charge is -2.34. The lowest BCUT2D eigenvalue weighted by Crippen LogP contribution is -2.55. The highest BCUT2D eigenvalue weighted by molar-refractivity contribution is 7.89. The van der Waals surface area contributed by atoms with Gasteiger partial charge < -0.3 is 14.7 Å². The summed E-state index contributed by atoms with van der Waals surface area (Å²) in [6.07, 6.45) is 5.51. The van der Waals surface area contributed by atoms with Gasteiger partial charge in [-0.1, -0.05) is 12.1 Å². The molecule has 5 rings (SSSR count). The van der Waals surface area contributed by atoms with Crippen LogP contribution >= 0.6 is 11.3 Å². The van der Waals surface area contributed by atoms with Crippen LogP contribution in [0.25, 0.3) is 10.4 Å². The number of sulfonamides is 1. The zero-order valence-corrected chi connectivity index (χ0v) is 23.0. The van der Waals surface area contributed by atoms with Crippen LogP contribution in [0.3, 0.4) is 0 Å². The van der Waals surface area contributed by atoms with Crippen LogP contribution in [0, 0.1) is 6.92 Å². The zero-order chi connectivity index (χ0) is 26.0. The highest BCUT2D eigenvalue weighted by Gasteiger charge is 2.36. The number of aryl methyl sites for hydroxylation is 1. The summed E-state index contributed by atoms with van der Waals surface area (Å²) in [7, 11) is -3.90. The SMILES string of the molecule is Cc1ccc(-c2cccc(S(=O)(=O)NC3CCCN(CC(=O)N4CCCC4CN4CCCC4)C3=O)c2)s1. The number of nitrogens with zero attached hydrogens (tertiary/aromatic N) is 3. The summed E-state index contributed by atoms with van der Waals surface area (Å²) < 4.78 is 29.1. The maximum absolute atomic E-state index is 13.3. The minimum Gasteiger partial charge on any atom is -0.337 e. The third kappa shape index (κ3) is 6.08. The fourth-order valence-electron chi connectivity index (χ4n) is 5.74. The van der Waals surface area contributed by atoms with Crippen molar-refractivity contribution in [2.24, 2.45) is 0 Å².